The van der Waals surface area contributed by atoms with Gasteiger partial charge in [0.05, 0.1) is 29.0 Å². The van der Waals surface area contributed by atoms with Crippen molar-refractivity contribution in [2.24, 2.45) is 5.29 Å². The van der Waals surface area contributed by atoms with Crippen LogP contribution in [0.2, 0.25) is 0 Å². The van der Waals surface area contributed by atoms with Crippen molar-refractivity contribution in [2.75, 3.05) is 20.2 Å². The van der Waals surface area contributed by atoms with E-state index in [1.54, 1.807) is 19.4 Å². The molecule has 23 heavy (non-hydrogen) atoms. The second-order valence-electron chi connectivity index (χ2n) is 5.95. The zero-order chi connectivity index (χ0) is 16.3. The molecule has 1 aliphatic heterocycles. The van der Waals surface area contributed by atoms with Crippen molar-refractivity contribution >= 4 is 11.0 Å². The van der Waals surface area contributed by atoms with E-state index in [0.717, 1.165) is 16.6 Å². The number of fused-ring (bicyclic) bond motifs is 1. The van der Waals surface area contributed by atoms with E-state index in [0.29, 0.717) is 44.7 Å². The molecule has 0 unspecified atom stereocenters. The van der Waals surface area contributed by atoms with Crippen LogP contribution < -0.4 is 4.74 Å². The topological polar surface area (TPSA) is 87.9 Å². The predicted octanol–water partition coefficient (Wildman–Crippen LogP) is 2.08. The van der Waals surface area contributed by atoms with Gasteiger partial charge in [-0.15, -0.1) is 4.91 Å². The van der Waals surface area contributed by atoms with Crippen LogP contribution in [0.4, 0.5) is 0 Å². The Kier molecular flexibility index (Phi) is 4.38. The van der Waals surface area contributed by atoms with E-state index in [-0.39, 0.29) is 0 Å². The van der Waals surface area contributed by atoms with Crippen LogP contribution in [0.3, 0.4) is 0 Å². The maximum absolute atomic E-state index is 10.7. The number of aromatic nitrogens is 2. The van der Waals surface area contributed by atoms with E-state index in [1.807, 2.05) is 12.1 Å². The lowest BCUT2D eigenvalue weighted by molar-refractivity contribution is -0.0272. The van der Waals surface area contributed by atoms with Crippen LogP contribution in [0, 0.1) is 4.91 Å². The van der Waals surface area contributed by atoms with Gasteiger partial charge in [0.25, 0.3) is 0 Å². The minimum absolute atomic E-state index is 0.503. The molecule has 0 aliphatic carbocycles. The molecule has 0 aromatic carbocycles. The largest absolute Gasteiger partial charge is 0.481 e. The number of aliphatic hydroxyl groups is 1. The predicted molar refractivity (Wildman–Crippen MR) is 86.0 cm³/mol. The molecule has 2 aromatic rings. The van der Waals surface area contributed by atoms with Crippen LogP contribution in [0.5, 0.6) is 5.88 Å². The summed E-state index contributed by atoms with van der Waals surface area (Å²) in [5.74, 6) is 0.552. The minimum atomic E-state index is -0.754. The number of nitroso groups, excluding NO2 is 1. The zero-order valence-electron chi connectivity index (χ0n) is 13.1. The van der Waals surface area contributed by atoms with E-state index in [1.165, 1.54) is 5.01 Å². The third-order valence-corrected chi connectivity index (χ3v) is 4.50. The molecule has 0 saturated carbocycles. The molecule has 3 heterocycles. The molecule has 3 rings (SSSR count). The van der Waals surface area contributed by atoms with Gasteiger partial charge in [0.2, 0.25) is 5.88 Å². The summed E-state index contributed by atoms with van der Waals surface area (Å²) >= 11 is 0. The lowest BCUT2D eigenvalue weighted by atomic mass is 9.86. The van der Waals surface area contributed by atoms with Crippen LogP contribution in [0.1, 0.15) is 24.8 Å². The molecule has 0 atom stereocenters. The quantitative estimate of drug-likeness (QED) is 0.850. The molecular weight excluding hydrogens is 296 g/mol. The highest BCUT2D eigenvalue weighted by atomic mass is 16.5. The van der Waals surface area contributed by atoms with Crippen molar-refractivity contribution in [3.8, 4) is 5.88 Å². The van der Waals surface area contributed by atoms with Crippen LogP contribution in [0.25, 0.3) is 11.0 Å². The van der Waals surface area contributed by atoms with Crippen molar-refractivity contribution in [3.63, 3.8) is 0 Å². The highest BCUT2D eigenvalue weighted by Crippen LogP contribution is 2.28. The highest BCUT2D eigenvalue weighted by molar-refractivity contribution is 5.78. The summed E-state index contributed by atoms with van der Waals surface area (Å²) in [6, 6.07) is 5.60. The van der Waals surface area contributed by atoms with Crippen molar-refractivity contribution in [1.82, 2.24) is 15.0 Å². The zero-order valence-corrected chi connectivity index (χ0v) is 13.1. The van der Waals surface area contributed by atoms with Crippen LogP contribution in [0.15, 0.2) is 29.7 Å². The fraction of sp³-hybridized carbons (Fsp3) is 0.500. The standard InChI is InChI=1S/C16H20N4O3/c1-23-14-3-2-13-15(18-14)12(5-9-17-13)4-6-16(21)7-10-20(19-22)11-8-16/h2-3,5,9,21H,4,6-8,10-11H2,1H3. The monoisotopic (exact) mass is 316 g/mol. The third kappa shape index (κ3) is 3.39. The van der Waals surface area contributed by atoms with Gasteiger partial charge in [0.15, 0.2) is 0 Å². The number of piperidine rings is 1. The van der Waals surface area contributed by atoms with Gasteiger partial charge in [-0.3, -0.25) is 9.99 Å². The summed E-state index contributed by atoms with van der Waals surface area (Å²) in [4.78, 5) is 19.3. The van der Waals surface area contributed by atoms with Gasteiger partial charge in [-0.2, -0.15) is 0 Å². The normalized spacial score (nSPS) is 17.2. The summed E-state index contributed by atoms with van der Waals surface area (Å²) in [6.07, 6.45) is 4.19. The Balaban J connectivity index is 1.75. The van der Waals surface area contributed by atoms with Gasteiger partial charge in [0.1, 0.15) is 0 Å². The summed E-state index contributed by atoms with van der Waals surface area (Å²) in [6.45, 7) is 1.01. The second kappa shape index (κ2) is 6.45. The SMILES string of the molecule is COc1ccc2nccc(CCC3(O)CCN(N=O)CC3)c2n1. The maximum Gasteiger partial charge on any atom is 0.213 e. The van der Waals surface area contributed by atoms with E-state index in [9.17, 15) is 10.0 Å². The molecule has 0 spiro atoms. The van der Waals surface area contributed by atoms with E-state index >= 15 is 0 Å². The first-order chi connectivity index (χ1) is 11.1. The minimum Gasteiger partial charge on any atom is -0.481 e. The number of pyridine rings is 2. The Hall–Kier alpha value is -2.28. The molecule has 1 aliphatic rings. The molecule has 122 valence electrons. The molecular formula is C16H20N4O3. The summed E-state index contributed by atoms with van der Waals surface area (Å²) in [5, 5.41) is 15.1. The third-order valence-electron chi connectivity index (χ3n) is 4.50. The van der Waals surface area contributed by atoms with Crippen LogP contribution in [-0.4, -0.2) is 45.9 Å². The molecule has 1 N–H and O–H groups in total. The average molecular weight is 316 g/mol. The number of hydrogen-bond donors (Lipinski definition) is 1. The Morgan fingerprint density at radius 1 is 1.35 bits per heavy atom. The first-order valence-corrected chi connectivity index (χ1v) is 7.73. The van der Waals surface area contributed by atoms with Gasteiger partial charge in [-0.1, -0.05) is 0 Å². The summed E-state index contributed by atoms with van der Waals surface area (Å²) in [7, 11) is 1.59. The first-order valence-electron chi connectivity index (χ1n) is 7.73. The number of nitrogens with zero attached hydrogens (tertiary/aromatic N) is 4. The molecule has 1 fully saturated rings. The van der Waals surface area contributed by atoms with Gasteiger partial charge < -0.3 is 9.84 Å². The maximum atomic E-state index is 10.7. The molecule has 1 saturated heterocycles. The number of hydrogen-bond acceptors (Lipinski definition) is 6. The fourth-order valence-electron chi connectivity index (χ4n) is 2.99. The molecule has 0 radical (unpaired) electrons. The fourth-order valence-corrected chi connectivity index (χ4v) is 2.99. The number of rotatable bonds is 5. The van der Waals surface area contributed by atoms with Crippen molar-refractivity contribution < 1.29 is 9.84 Å². The van der Waals surface area contributed by atoms with Gasteiger partial charge in [-0.25, -0.2) is 4.98 Å². The van der Waals surface area contributed by atoms with E-state index < -0.39 is 5.60 Å². The smallest absolute Gasteiger partial charge is 0.213 e. The number of aryl methyl sites for hydroxylation is 1. The van der Waals surface area contributed by atoms with Gasteiger partial charge >= 0.3 is 0 Å². The Labute approximate surface area is 134 Å². The lowest BCUT2D eigenvalue weighted by Gasteiger charge is -2.35. The number of ether oxygens (including phenoxy) is 1. The van der Waals surface area contributed by atoms with E-state index in [2.05, 4.69) is 15.3 Å². The highest BCUT2D eigenvalue weighted by Gasteiger charge is 2.32. The first kappa shape index (κ1) is 15.6. The van der Waals surface area contributed by atoms with Crippen LogP contribution in [-0.2, 0) is 6.42 Å². The van der Waals surface area contributed by atoms with Crippen molar-refractivity contribution in [2.45, 2.75) is 31.3 Å². The average Bonchev–Trinajstić information content (AvgIpc) is 2.60. The van der Waals surface area contributed by atoms with E-state index in [4.69, 9.17) is 4.74 Å². The van der Waals surface area contributed by atoms with Gasteiger partial charge in [0, 0.05) is 25.4 Å². The number of methoxy groups -OCH3 is 1. The second-order valence-corrected chi connectivity index (χ2v) is 5.95. The lowest BCUT2D eigenvalue weighted by Crippen LogP contribution is -2.42. The van der Waals surface area contributed by atoms with Crippen molar-refractivity contribution in [3.05, 3.63) is 34.9 Å². The Bertz CT molecular complexity index is 699. The van der Waals surface area contributed by atoms with Crippen molar-refractivity contribution in [1.29, 1.82) is 0 Å². The summed E-state index contributed by atoms with van der Waals surface area (Å²) in [5.41, 5.74) is 1.91. The molecule has 7 heteroatoms. The Morgan fingerprint density at radius 3 is 2.83 bits per heavy atom. The molecule has 2 aromatic heterocycles. The molecule has 0 bridgehead atoms. The Morgan fingerprint density at radius 2 is 2.13 bits per heavy atom. The molecule has 0 amide bonds. The molecule has 7 nitrogen and oxygen atoms in total. The van der Waals surface area contributed by atoms with Gasteiger partial charge in [-0.05, 0) is 43.4 Å². The van der Waals surface area contributed by atoms with Crippen LogP contribution >= 0.6 is 0 Å². The summed E-state index contributed by atoms with van der Waals surface area (Å²) < 4.78 is 5.18.